The molecule has 6 rings (SSSR count). The first-order valence-corrected chi connectivity index (χ1v) is 14.2. The third kappa shape index (κ3) is 4.51. The number of nitrogens with zero attached hydrogens (tertiary/aromatic N) is 1. The maximum atomic E-state index is 13.8. The molecular weight excluding hydrogens is 532 g/mol. The summed E-state index contributed by atoms with van der Waals surface area (Å²) >= 11 is 0. The van der Waals surface area contributed by atoms with E-state index in [1.54, 1.807) is 20.3 Å². The summed E-state index contributed by atoms with van der Waals surface area (Å²) in [5.41, 5.74) is 5.56. The van der Waals surface area contributed by atoms with Gasteiger partial charge in [-0.2, -0.15) is 0 Å². The first kappa shape index (κ1) is 27.6. The smallest absolute Gasteiger partial charge is 0.360 e. The van der Waals surface area contributed by atoms with E-state index < -0.39 is 5.63 Å². The van der Waals surface area contributed by atoms with Crippen molar-refractivity contribution in [3.63, 3.8) is 0 Å². The molecule has 1 N–H and O–H groups in total. The van der Waals surface area contributed by atoms with Gasteiger partial charge in [-0.25, -0.2) is 4.79 Å². The van der Waals surface area contributed by atoms with Crippen molar-refractivity contribution in [2.24, 2.45) is 0 Å². The zero-order valence-corrected chi connectivity index (χ0v) is 25.0. The first-order valence-electron chi connectivity index (χ1n) is 14.2. The van der Waals surface area contributed by atoms with Crippen molar-refractivity contribution in [2.45, 2.75) is 51.9 Å². The van der Waals surface area contributed by atoms with E-state index in [4.69, 9.17) is 23.4 Å². The zero-order valence-electron chi connectivity index (χ0n) is 25.0. The number of fused-ring (bicyclic) bond motifs is 7. The van der Waals surface area contributed by atoms with E-state index in [1.807, 2.05) is 70.1 Å². The van der Waals surface area contributed by atoms with Crippen LogP contribution >= 0.6 is 0 Å². The summed E-state index contributed by atoms with van der Waals surface area (Å²) in [5, 5.41) is 4.00. The Morgan fingerprint density at radius 2 is 1.50 bits per heavy atom. The van der Waals surface area contributed by atoms with Crippen molar-refractivity contribution >= 4 is 28.4 Å². The Bertz CT molecular complexity index is 1740. The molecule has 2 unspecified atom stereocenters. The van der Waals surface area contributed by atoms with E-state index in [0.29, 0.717) is 34.3 Å². The highest BCUT2D eigenvalue weighted by Gasteiger charge is 2.46. The van der Waals surface area contributed by atoms with Crippen molar-refractivity contribution in [1.29, 1.82) is 0 Å². The molecule has 4 aromatic rings. The summed E-state index contributed by atoms with van der Waals surface area (Å²) < 4.78 is 29.6. The van der Waals surface area contributed by atoms with Gasteiger partial charge in [0.15, 0.2) is 23.0 Å². The number of nitrogens with one attached hydrogen (secondary N) is 1. The van der Waals surface area contributed by atoms with Crippen molar-refractivity contribution in [1.82, 2.24) is 0 Å². The largest absolute Gasteiger partial charge is 0.493 e. The Balaban J connectivity index is 1.63. The van der Waals surface area contributed by atoms with Crippen LogP contribution in [0.25, 0.3) is 17.0 Å². The van der Waals surface area contributed by atoms with Crippen LogP contribution in [0.4, 0.5) is 11.4 Å². The topological polar surface area (TPSA) is 82.4 Å². The maximum absolute atomic E-state index is 13.8. The summed E-state index contributed by atoms with van der Waals surface area (Å²) in [4.78, 5) is 15.8. The molecule has 0 radical (unpaired) electrons. The summed E-state index contributed by atoms with van der Waals surface area (Å²) in [5.74, 6) is 2.23. The predicted octanol–water partition coefficient (Wildman–Crippen LogP) is 7.10. The number of anilines is 2. The Morgan fingerprint density at radius 3 is 2.12 bits per heavy atom. The number of hydrogen-bond donors (Lipinski definition) is 1. The van der Waals surface area contributed by atoms with Crippen LogP contribution in [-0.4, -0.2) is 33.5 Å². The Kier molecular flexibility index (Phi) is 7.01. The van der Waals surface area contributed by atoms with Gasteiger partial charge in [0.1, 0.15) is 11.3 Å². The van der Waals surface area contributed by atoms with Gasteiger partial charge in [0, 0.05) is 41.9 Å². The van der Waals surface area contributed by atoms with Crippen LogP contribution in [-0.2, 0) is 0 Å². The minimum absolute atomic E-state index is 0.00858. The number of benzene rings is 3. The van der Waals surface area contributed by atoms with E-state index in [-0.39, 0.29) is 24.2 Å². The van der Waals surface area contributed by atoms with Gasteiger partial charge in [0.25, 0.3) is 0 Å². The summed E-state index contributed by atoms with van der Waals surface area (Å²) in [7, 11) is 5.16. The fraction of sp³-hybridized carbons (Fsp3) is 0.324. The lowest BCUT2D eigenvalue weighted by molar-refractivity contribution is 0.230. The molecule has 3 aromatic carbocycles. The Hall–Kier alpha value is -4.59. The second-order valence-corrected chi connectivity index (χ2v) is 11.1. The summed E-state index contributed by atoms with van der Waals surface area (Å²) in [6.45, 7) is 7.87. The van der Waals surface area contributed by atoms with Crippen molar-refractivity contribution < 1.29 is 23.4 Å². The lowest BCUT2D eigenvalue weighted by Crippen LogP contribution is -2.27. The fourth-order valence-corrected chi connectivity index (χ4v) is 6.11. The van der Waals surface area contributed by atoms with Crippen LogP contribution in [0.3, 0.4) is 0 Å². The Morgan fingerprint density at radius 1 is 0.857 bits per heavy atom. The highest BCUT2D eigenvalue weighted by atomic mass is 16.5. The number of ether oxygens (including phenoxy) is 4. The van der Waals surface area contributed by atoms with Crippen LogP contribution < -0.4 is 34.8 Å². The van der Waals surface area contributed by atoms with Gasteiger partial charge < -0.3 is 33.6 Å². The summed E-state index contributed by atoms with van der Waals surface area (Å²) in [6.07, 6.45) is 3.89. The quantitative estimate of drug-likeness (QED) is 0.225. The molecule has 2 aliphatic rings. The van der Waals surface area contributed by atoms with Crippen LogP contribution in [0, 0.1) is 0 Å². The van der Waals surface area contributed by atoms with Crippen molar-refractivity contribution in [2.75, 3.05) is 31.5 Å². The lowest BCUT2D eigenvalue weighted by atomic mass is 9.81. The third-order valence-corrected chi connectivity index (χ3v) is 7.78. The van der Waals surface area contributed by atoms with Gasteiger partial charge in [-0.3, -0.25) is 0 Å². The molecule has 218 valence electrons. The molecule has 0 fully saturated rings. The molecule has 2 aliphatic heterocycles. The molecule has 0 amide bonds. The second kappa shape index (κ2) is 10.7. The van der Waals surface area contributed by atoms with E-state index in [0.717, 1.165) is 33.3 Å². The van der Waals surface area contributed by atoms with Crippen molar-refractivity contribution in [3.8, 4) is 23.0 Å². The first-order chi connectivity index (χ1) is 20.2. The summed E-state index contributed by atoms with van der Waals surface area (Å²) in [6, 6.07) is 15.9. The lowest BCUT2D eigenvalue weighted by Gasteiger charge is -2.33. The van der Waals surface area contributed by atoms with Crippen molar-refractivity contribution in [3.05, 3.63) is 87.4 Å². The monoisotopic (exact) mass is 568 g/mol. The molecular formula is C34H36N2O6. The number of rotatable bonds is 8. The molecule has 0 spiro atoms. The van der Waals surface area contributed by atoms with Gasteiger partial charge in [-0.05, 0) is 80.8 Å². The highest BCUT2D eigenvalue weighted by molar-refractivity contribution is 5.92. The normalized spacial score (nSPS) is 16.8. The molecule has 8 nitrogen and oxygen atoms in total. The average molecular weight is 569 g/mol. The fourth-order valence-electron chi connectivity index (χ4n) is 6.11. The standard InChI is InChI=1S/C34H36N2O6/c1-18(2)40-28-14-21-12-13-36-32(23(21)15-26(28)38-6)30(20-8-10-22(35-5)11-9-20)31-24-16-27(39-7)29(41-19(3)4)17-25(24)42-34(37)33(31)36/h8-19,30,32,35H,1-7H3. The molecule has 0 saturated heterocycles. The average Bonchev–Trinajstić information content (AvgIpc) is 3.32. The molecule has 3 heterocycles. The van der Waals surface area contributed by atoms with Gasteiger partial charge in [-0.15, -0.1) is 0 Å². The molecule has 0 saturated carbocycles. The number of methoxy groups -OCH3 is 2. The van der Waals surface area contributed by atoms with Gasteiger partial charge in [0.2, 0.25) is 0 Å². The molecule has 42 heavy (non-hydrogen) atoms. The SMILES string of the molecule is CNc1ccc(C2c3c(c(=O)oc4cc(OC(C)C)c(OC)cc34)N3C=Cc4cc(OC(C)C)c(OC)cc4C23)cc1. The molecule has 2 atom stereocenters. The van der Waals surface area contributed by atoms with E-state index in [1.165, 1.54) is 0 Å². The minimum atomic E-state index is -0.405. The van der Waals surface area contributed by atoms with E-state index in [2.05, 4.69) is 29.6 Å². The van der Waals surface area contributed by atoms with E-state index >= 15 is 0 Å². The molecule has 1 aromatic heterocycles. The van der Waals surface area contributed by atoms with Crippen LogP contribution in [0.2, 0.25) is 0 Å². The predicted molar refractivity (Wildman–Crippen MR) is 166 cm³/mol. The molecule has 0 bridgehead atoms. The van der Waals surface area contributed by atoms with Crippen LogP contribution in [0.15, 0.2) is 63.9 Å². The van der Waals surface area contributed by atoms with Gasteiger partial charge in [-0.1, -0.05) is 12.1 Å². The second-order valence-electron chi connectivity index (χ2n) is 11.1. The Labute approximate surface area is 245 Å². The molecule has 0 aliphatic carbocycles. The maximum Gasteiger partial charge on any atom is 0.360 e. The third-order valence-electron chi connectivity index (χ3n) is 7.78. The number of hydrogen-bond acceptors (Lipinski definition) is 8. The zero-order chi connectivity index (χ0) is 29.7. The van der Waals surface area contributed by atoms with Gasteiger partial charge in [0.05, 0.1) is 32.5 Å². The minimum Gasteiger partial charge on any atom is -0.493 e. The van der Waals surface area contributed by atoms with Crippen LogP contribution in [0.5, 0.6) is 23.0 Å². The highest BCUT2D eigenvalue weighted by Crippen LogP contribution is 2.57. The van der Waals surface area contributed by atoms with Gasteiger partial charge >= 0.3 is 5.63 Å². The van der Waals surface area contributed by atoms with Crippen LogP contribution in [0.1, 0.15) is 61.9 Å². The van der Waals surface area contributed by atoms with E-state index in [9.17, 15) is 4.79 Å². The molecule has 8 heteroatoms.